The topological polar surface area (TPSA) is 0 Å². The molecule has 0 saturated heterocycles. The molecule has 0 bridgehead atoms. The van der Waals surface area contributed by atoms with Crippen molar-refractivity contribution in [3.63, 3.8) is 0 Å². The molecule has 0 spiro atoms. The van der Waals surface area contributed by atoms with Crippen LogP contribution in [0.15, 0.2) is 24.3 Å². The average Bonchev–Trinajstić information content (AvgIpc) is 2.25. The van der Waals surface area contributed by atoms with Gasteiger partial charge in [0.05, 0.1) is 0 Å². The summed E-state index contributed by atoms with van der Waals surface area (Å²) in [6.07, 6.45) is 9.91. The van der Waals surface area contributed by atoms with Gasteiger partial charge in [0.2, 0.25) is 0 Å². The van der Waals surface area contributed by atoms with E-state index in [4.69, 9.17) is 11.6 Å². The molecular formula is C14H20Cl. The van der Waals surface area contributed by atoms with Gasteiger partial charge in [-0.05, 0) is 30.9 Å². The summed E-state index contributed by atoms with van der Waals surface area (Å²) in [6, 6.07) is 8.09. The molecule has 0 aromatic heterocycles. The van der Waals surface area contributed by atoms with Crippen LogP contribution in [0.25, 0.3) is 0 Å². The zero-order chi connectivity index (χ0) is 10.9. The van der Waals surface area contributed by atoms with Crippen LogP contribution in [0.2, 0.25) is 5.02 Å². The fourth-order valence-corrected chi connectivity index (χ4v) is 1.85. The van der Waals surface area contributed by atoms with Crippen LogP contribution in [0.5, 0.6) is 0 Å². The van der Waals surface area contributed by atoms with Crippen LogP contribution in [0.4, 0.5) is 0 Å². The summed E-state index contributed by atoms with van der Waals surface area (Å²) < 4.78 is 0. The Kier molecular flexibility index (Phi) is 6.50. The van der Waals surface area contributed by atoms with E-state index in [-0.39, 0.29) is 0 Å². The van der Waals surface area contributed by atoms with E-state index in [1.165, 1.54) is 37.7 Å². The summed E-state index contributed by atoms with van der Waals surface area (Å²) in [5.74, 6) is 0. The van der Waals surface area contributed by atoms with Gasteiger partial charge in [0.15, 0.2) is 0 Å². The second-order valence-electron chi connectivity index (χ2n) is 3.93. The van der Waals surface area contributed by atoms with E-state index in [0.29, 0.717) is 0 Å². The Hall–Kier alpha value is -0.490. The lowest BCUT2D eigenvalue weighted by atomic mass is 10.1. The molecule has 0 aliphatic rings. The second kappa shape index (κ2) is 7.76. The first-order valence-electron chi connectivity index (χ1n) is 5.89. The van der Waals surface area contributed by atoms with E-state index in [1.54, 1.807) is 0 Å². The lowest BCUT2D eigenvalue weighted by Gasteiger charge is -2.03. The van der Waals surface area contributed by atoms with E-state index in [9.17, 15) is 0 Å². The number of unbranched alkanes of at least 4 members (excludes halogenated alkanes) is 5. The van der Waals surface area contributed by atoms with E-state index in [0.717, 1.165) is 11.4 Å². The monoisotopic (exact) mass is 223 g/mol. The number of benzene rings is 1. The lowest BCUT2D eigenvalue weighted by Crippen LogP contribution is -1.88. The summed E-state index contributed by atoms with van der Waals surface area (Å²) in [5.41, 5.74) is 1.25. The third-order valence-electron chi connectivity index (χ3n) is 2.58. The van der Waals surface area contributed by atoms with Gasteiger partial charge in [-0.15, -0.1) is 0 Å². The van der Waals surface area contributed by atoms with Crippen LogP contribution >= 0.6 is 11.6 Å². The van der Waals surface area contributed by atoms with Crippen molar-refractivity contribution in [1.29, 1.82) is 0 Å². The van der Waals surface area contributed by atoms with Crippen LogP contribution in [0.3, 0.4) is 0 Å². The minimum atomic E-state index is 0.891. The van der Waals surface area contributed by atoms with Crippen molar-refractivity contribution in [2.24, 2.45) is 0 Å². The van der Waals surface area contributed by atoms with E-state index >= 15 is 0 Å². The Morgan fingerprint density at radius 3 is 2.67 bits per heavy atom. The van der Waals surface area contributed by atoms with Gasteiger partial charge in [-0.2, -0.15) is 0 Å². The Bertz CT molecular complexity index is 268. The van der Waals surface area contributed by atoms with Gasteiger partial charge in [-0.1, -0.05) is 62.4 Å². The van der Waals surface area contributed by atoms with Crippen LogP contribution in [-0.4, -0.2) is 0 Å². The molecule has 0 fully saturated rings. The number of rotatable bonds is 7. The molecule has 0 saturated carbocycles. The molecule has 1 rings (SSSR count). The highest BCUT2D eigenvalue weighted by molar-refractivity contribution is 6.31. The van der Waals surface area contributed by atoms with Crippen molar-refractivity contribution < 1.29 is 0 Å². The van der Waals surface area contributed by atoms with E-state index < -0.39 is 0 Å². The summed E-state index contributed by atoms with van der Waals surface area (Å²) in [5, 5.41) is 0.891. The Labute approximate surface area is 98.7 Å². The number of halogens is 1. The standard InChI is InChI=1S/C14H20Cl/c1-2-3-4-5-6-7-10-13-11-8-9-12-14(13)15/h7-9,11-12H,2-6,10H2,1H3. The molecule has 0 nitrogen and oxygen atoms in total. The highest BCUT2D eigenvalue weighted by atomic mass is 35.5. The first-order valence-corrected chi connectivity index (χ1v) is 6.27. The first-order chi connectivity index (χ1) is 7.34. The normalized spacial score (nSPS) is 10.5. The molecule has 1 radical (unpaired) electrons. The van der Waals surface area contributed by atoms with Gasteiger partial charge in [0, 0.05) is 5.02 Å². The molecule has 15 heavy (non-hydrogen) atoms. The summed E-state index contributed by atoms with van der Waals surface area (Å²) in [4.78, 5) is 0. The molecule has 0 N–H and O–H groups in total. The SMILES string of the molecule is CCCCCC[CH]Cc1ccccc1Cl. The number of hydrogen-bond donors (Lipinski definition) is 0. The molecule has 0 unspecified atom stereocenters. The van der Waals surface area contributed by atoms with Gasteiger partial charge >= 0.3 is 0 Å². The Morgan fingerprint density at radius 1 is 1.13 bits per heavy atom. The third kappa shape index (κ3) is 5.22. The van der Waals surface area contributed by atoms with Crippen LogP contribution in [0.1, 0.15) is 44.6 Å². The third-order valence-corrected chi connectivity index (χ3v) is 2.95. The molecule has 0 amide bonds. The van der Waals surface area contributed by atoms with E-state index in [2.05, 4.69) is 19.4 Å². The van der Waals surface area contributed by atoms with Gasteiger partial charge in [0.25, 0.3) is 0 Å². The maximum Gasteiger partial charge on any atom is 0.0438 e. The predicted octanol–water partition coefficient (Wildman–Crippen LogP) is 5.06. The molecule has 1 aromatic rings. The van der Waals surface area contributed by atoms with Crippen molar-refractivity contribution in [3.05, 3.63) is 41.3 Å². The largest absolute Gasteiger partial charge is 0.0840 e. The summed E-state index contributed by atoms with van der Waals surface area (Å²) in [7, 11) is 0. The van der Waals surface area contributed by atoms with Gasteiger partial charge in [0.1, 0.15) is 0 Å². The van der Waals surface area contributed by atoms with Gasteiger partial charge < -0.3 is 0 Å². The van der Waals surface area contributed by atoms with Crippen molar-refractivity contribution in [2.75, 3.05) is 0 Å². The van der Waals surface area contributed by atoms with Crippen LogP contribution < -0.4 is 0 Å². The molecular weight excluding hydrogens is 204 g/mol. The highest BCUT2D eigenvalue weighted by Gasteiger charge is 1.98. The maximum atomic E-state index is 6.07. The molecule has 0 aliphatic carbocycles. The lowest BCUT2D eigenvalue weighted by molar-refractivity contribution is 0.657. The second-order valence-corrected chi connectivity index (χ2v) is 4.34. The van der Waals surface area contributed by atoms with Crippen LogP contribution in [0, 0.1) is 6.42 Å². The first kappa shape index (κ1) is 12.6. The van der Waals surface area contributed by atoms with Crippen molar-refractivity contribution in [1.82, 2.24) is 0 Å². The molecule has 83 valence electrons. The summed E-state index contributed by atoms with van der Waals surface area (Å²) in [6.45, 7) is 2.24. The smallest absolute Gasteiger partial charge is 0.0438 e. The Morgan fingerprint density at radius 2 is 1.93 bits per heavy atom. The van der Waals surface area contributed by atoms with Gasteiger partial charge in [-0.3, -0.25) is 0 Å². The molecule has 0 heterocycles. The molecule has 1 aromatic carbocycles. The predicted molar refractivity (Wildman–Crippen MR) is 68.2 cm³/mol. The molecule has 0 aliphatic heterocycles. The van der Waals surface area contributed by atoms with Crippen molar-refractivity contribution in [2.45, 2.75) is 45.4 Å². The van der Waals surface area contributed by atoms with Gasteiger partial charge in [-0.25, -0.2) is 0 Å². The molecule has 0 atom stereocenters. The highest BCUT2D eigenvalue weighted by Crippen LogP contribution is 2.17. The minimum absolute atomic E-state index is 0.891. The average molecular weight is 224 g/mol. The zero-order valence-corrected chi connectivity index (χ0v) is 10.3. The Balaban J connectivity index is 2.12. The van der Waals surface area contributed by atoms with E-state index in [1.807, 2.05) is 18.2 Å². The fourth-order valence-electron chi connectivity index (χ4n) is 1.64. The van der Waals surface area contributed by atoms with Crippen molar-refractivity contribution in [3.8, 4) is 0 Å². The fraction of sp³-hybridized carbons (Fsp3) is 0.500. The molecule has 1 heteroatoms. The zero-order valence-electron chi connectivity index (χ0n) is 9.51. The van der Waals surface area contributed by atoms with Crippen molar-refractivity contribution >= 4 is 11.6 Å². The quantitative estimate of drug-likeness (QED) is 0.567. The minimum Gasteiger partial charge on any atom is -0.0840 e. The number of hydrogen-bond acceptors (Lipinski definition) is 0. The summed E-state index contributed by atoms with van der Waals surface area (Å²) >= 11 is 6.07. The van der Waals surface area contributed by atoms with Crippen LogP contribution in [-0.2, 0) is 6.42 Å². The maximum absolute atomic E-state index is 6.07.